The van der Waals surface area contributed by atoms with Crippen molar-refractivity contribution in [1.29, 1.82) is 0 Å². The standard InChI is InChI=1S/C25H33NO6S/c1-6-7-19(2)24(16-25(27)32-5)33(28,29)26(17-20-8-12-22(30-3)13-9-20)18-21-10-14-23(31-4)15-11-21/h6,8-15,19,24H,1,7,16-18H2,2-5H3/t19-,24?/m1/s1. The molecule has 0 radical (unpaired) electrons. The predicted molar refractivity (Wildman–Crippen MR) is 129 cm³/mol. The minimum absolute atomic E-state index is 0.150. The minimum Gasteiger partial charge on any atom is -0.497 e. The molecule has 2 atom stereocenters. The highest BCUT2D eigenvalue weighted by atomic mass is 32.2. The Balaban J connectivity index is 2.45. The number of nitrogens with zero attached hydrogens (tertiary/aromatic N) is 1. The number of benzene rings is 2. The van der Waals surface area contributed by atoms with Gasteiger partial charge in [0, 0.05) is 13.1 Å². The fourth-order valence-electron chi connectivity index (χ4n) is 3.56. The van der Waals surface area contributed by atoms with Gasteiger partial charge in [-0.1, -0.05) is 37.3 Å². The Labute approximate surface area is 197 Å². The summed E-state index contributed by atoms with van der Waals surface area (Å²) in [5.41, 5.74) is 1.61. The maximum absolute atomic E-state index is 13.9. The van der Waals surface area contributed by atoms with Crippen LogP contribution in [0.25, 0.3) is 0 Å². The number of ether oxygens (including phenoxy) is 3. The topological polar surface area (TPSA) is 82.1 Å². The Bertz CT molecular complexity index is 953. The maximum Gasteiger partial charge on any atom is 0.306 e. The monoisotopic (exact) mass is 475 g/mol. The van der Waals surface area contributed by atoms with E-state index >= 15 is 0 Å². The first-order chi connectivity index (χ1) is 15.7. The van der Waals surface area contributed by atoms with Gasteiger partial charge < -0.3 is 14.2 Å². The average molecular weight is 476 g/mol. The Morgan fingerprint density at radius 3 is 1.76 bits per heavy atom. The molecule has 0 fully saturated rings. The van der Waals surface area contributed by atoms with Gasteiger partial charge in [-0.25, -0.2) is 8.42 Å². The zero-order valence-corrected chi connectivity index (χ0v) is 20.5. The largest absolute Gasteiger partial charge is 0.497 e. The van der Waals surface area contributed by atoms with Crippen molar-refractivity contribution in [2.45, 2.75) is 38.1 Å². The first-order valence-corrected chi connectivity index (χ1v) is 12.2. The van der Waals surface area contributed by atoms with Crippen LogP contribution in [-0.2, 0) is 32.6 Å². The summed E-state index contributed by atoms with van der Waals surface area (Å²) < 4.78 is 44.4. The summed E-state index contributed by atoms with van der Waals surface area (Å²) in [5, 5.41) is -0.945. The van der Waals surface area contributed by atoms with Crippen molar-refractivity contribution in [1.82, 2.24) is 4.31 Å². The Morgan fingerprint density at radius 1 is 0.939 bits per heavy atom. The molecular weight excluding hydrogens is 442 g/mol. The third kappa shape index (κ3) is 7.33. The third-order valence-corrected chi connectivity index (χ3v) is 7.92. The SMILES string of the molecule is C=CC[C@@H](C)C(CC(=O)OC)S(=O)(=O)N(Cc1ccc(OC)cc1)Cc1ccc(OC)cc1. The predicted octanol–water partition coefficient (Wildman–Crippen LogP) is 4.18. The molecule has 0 N–H and O–H groups in total. The Hall–Kier alpha value is -2.84. The highest BCUT2D eigenvalue weighted by Crippen LogP contribution is 2.27. The van der Waals surface area contributed by atoms with Crippen molar-refractivity contribution in [3.8, 4) is 11.5 Å². The molecule has 2 aromatic rings. The number of methoxy groups -OCH3 is 3. The number of hydrogen-bond donors (Lipinski definition) is 0. The summed E-state index contributed by atoms with van der Waals surface area (Å²) in [6, 6.07) is 14.5. The zero-order chi connectivity index (χ0) is 24.4. The van der Waals surface area contributed by atoms with E-state index in [2.05, 4.69) is 6.58 Å². The molecule has 0 saturated carbocycles. The molecule has 0 aliphatic heterocycles. The van der Waals surface area contributed by atoms with Crippen LogP contribution in [0.5, 0.6) is 11.5 Å². The summed E-state index contributed by atoms with van der Waals surface area (Å²) in [4.78, 5) is 12.1. The summed E-state index contributed by atoms with van der Waals surface area (Å²) in [6.07, 6.45) is 1.90. The molecule has 2 rings (SSSR count). The first-order valence-electron chi connectivity index (χ1n) is 10.7. The molecule has 33 heavy (non-hydrogen) atoms. The van der Waals surface area contributed by atoms with Crippen LogP contribution >= 0.6 is 0 Å². The molecule has 2 aromatic carbocycles. The quantitative estimate of drug-likeness (QED) is 0.319. The van der Waals surface area contributed by atoms with E-state index in [0.29, 0.717) is 17.9 Å². The van der Waals surface area contributed by atoms with Gasteiger partial charge in [-0.15, -0.1) is 6.58 Å². The molecule has 0 aliphatic carbocycles. The summed E-state index contributed by atoms with van der Waals surface area (Å²) >= 11 is 0. The average Bonchev–Trinajstić information content (AvgIpc) is 2.82. The molecule has 0 amide bonds. The fraction of sp³-hybridized carbons (Fsp3) is 0.400. The second kappa shape index (κ2) is 12.4. The van der Waals surface area contributed by atoms with Crippen LogP contribution in [0.1, 0.15) is 30.9 Å². The molecule has 180 valence electrons. The lowest BCUT2D eigenvalue weighted by Crippen LogP contribution is -2.42. The van der Waals surface area contributed by atoms with E-state index in [1.165, 1.54) is 11.4 Å². The number of hydrogen-bond acceptors (Lipinski definition) is 6. The van der Waals surface area contributed by atoms with Crippen molar-refractivity contribution in [2.24, 2.45) is 5.92 Å². The van der Waals surface area contributed by atoms with Crippen LogP contribution in [0, 0.1) is 5.92 Å². The Kier molecular flexibility index (Phi) is 9.94. The van der Waals surface area contributed by atoms with E-state index in [1.807, 2.05) is 31.2 Å². The van der Waals surface area contributed by atoms with Gasteiger partial charge in [-0.3, -0.25) is 4.79 Å². The highest BCUT2D eigenvalue weighted by molar-refractivity contribution is 7.89. The van der Waals surface area contributed by atoms with E-state index < -0.39 is 21.2 Å². The summed E-state index contributed by atoms with van der Waals surface area (Å²) in [6.45, 7) is 5.84. The van der Waals surface area contributed by atoms with Gasteiger partial charge in [0.1, 0.15) is 11.5 Å². The molecule has 0 aliphatic rings. The van der Waals surface area contributed by atoms with Crippen molar-refractivity contribution in [2.75, 3.05) is 21.3 Å². The number of rotatable bonds is 13. The van der Waals surface area contributed by atoms with Gasteiger partial charge >= 0.3 is 5.97 Å². The van der Waals surface area contributed by atoms with E-state index in [4.69, 9.17) is 14.2 Å². The normalized spacial score (nSPS) is 13.2. The highest BCUT2D eigenvalue weighted by Gasteiger charge is 2.37. The van der Waals surface area contributed by atoms with Crippen molar-refractivity contribution in [3.05, 3.63) is 72.3 Å². The van der Waals surface area contributed by atoms with E-state index in [-0.39, 0.29) is 25.4 Å². The fourth-order valence-corrected chi connectivity index (χ4v) is 5.64. The third-order valence-electron chi connectivity index (χ3n) is 5.55. The van der Waals surface area contributed by atoms with Crippen LogP contribution in [0.15, 0.2) is 61.2 Å². The van der Waals surface area contributed by atoms with E-state index in [9.17, 15) is 13.2 Å². The van der Waals surface area contributed by atoms with Crippen LogP contribution in [-0.4, -0.2) is 45.3 Å². The number of carbonyl (C=O) groups is 1. The van der Waals surface area contributed by atoms with E-state index in [0.717, 1.165) is 11.1 Å². The maximum atomic E-state index is 13.9. The number of carbonyl (C=O) groups excluding carboxylic acids is 1. The summed E-state index contributed by atoms with van der Waals surface area (Å²) in [5.74, 6) is 0.493. The summed E-state index contributed by atoms with van der Waals surface area (Å²) in [7, 11) is 0.520. The molecule has 8 heteroatoms. The van der Waals surface area contributed by atoms with Crippen LogP contribution in [0.4, 0.5) is 0 Å². The lowest BCUT2D eigenvalue weighted by Gasteiger charge is -2.30. The minimum atomic E-state index is -3.90. The lowest BCUT2D eigenvalue weighted by molar-refractivity contribution is -0.140. The molecule has 0 bridgehead atoms. The molecule has 0 spiro atoms. The molecule has 7 nitrogen and oxygen atoms in total. The second-order valence-corrected chi connectivity index (χ2v) is 9.98. The van der Waals surface area contributed by atoms with Crippen molar-refractivity contribution >= 4 is 16.0 Å². The molecule has 0 heterocycles. The molecule has 0 aromatic heterocycles. The number of esters is 1. The second-order valence-electron chi connectivity index (χ2n) is 7.83. The van der Waals surface area contributed by atoms with Gasteiger partial charge in [-0.2, -0.15) is 4.31 Å². The van der Waals surface area contributed by atoms with Gasteiger partial charge in [-0.05, 0) is 47.7 Å². The van der Waals surface area contributed by atoms with Crippen LogP contribution in [0.2, 0.25) is 0 Å². The number of allylic oxidation sites excluding steroid dienone is 1. The molecule has 1 unspecified atom stereocenters. The molecule has 0 saturated heterocycles. The van der Waals surface area contributed by atoms with Crippen molar-refractivity contribution in [3.63, 3.8) is 0 Å². The Morgan fingerprint density at radius 2 is 1.39 bits per heavy atom. The van der Waals surface area contributed by atoms with Crippen LogP contribution < -0.4 is 9.47 Å². The smallest absolute Gasteiger partial charge is 0.306 e. The van der Waals surface area contributed by atoms with Crippen molar-refractivity contribution < 1.29 is 27.4 Å². The van der Waals surface area contributed by atoms with E-state index in [1.54, 1.807) is 44.6 Å². The van der Waals surface area contributed by atoms with Crippen LogP contribution in [0.3, 0.4) is 0 Å². The van der Waals surface area contributed by atoms with Gasteiger partial charge in [0.25, 0.3) is 0 Å². The lowest BCUT2D eigenvalue weighted by atomic mass is 10.0. The van der Waals surface area contributed by atoms with Gasteiger partial charge in [0.2, 0.25) is 10.0 Å². The molecular formula is C25H33NO6S. The zero-order valence-electron chi connectivity index (χ0n) is 19.7. The van der Waals surface area contributed by atoms with Gasteiger partial charge in [0.15, 0.2) is 0 Å². The number of sulfonamides is 1. The first kappa shape index (κ1) is 26.4. The van der Waals surface area contributed by atoms with Gasteiger partial charge in [0.05, 0.1) is 33.0 Å².